The molecule has 5 aromatic rings. The fourth-order valence-electron chi connectivity index (χ4n) is 3.61. The smallest absolute Gasteiger partial charge is 0.291 e. The summed E-state index contributed by atoms with van der Waals surface area (Å²) in [6.07, 6.45) is 3.64. The molecule has 158 valence electrons. The Hall–Kier alpha value is -4.32. The molecule has 6 heteroatoms. The van der Waals surface area contributed by atoms with Crippen LogP contribution in [0.25, 0.3) is 11.0 Å². The first-order valence-electron chi connectivity index (χ1n) is 10.3. The molecule has 32 heavy (non-hydrogen) atoms. The minimum absolute atomic E-state index is 0.225. The van der Waals surface area contributed by atoms with E-state index in [2.05, 4.69) is 10.4 Å². The monoisotopic (exact) mass is 423 g/mol. The summed E-state index contributed by atoms with van der Waals surface area (Å²) < 4.78 is 13.7. The molecule has 0 unspecified atom stereocenters. The zero-order chi connectivity index (χ0) is 21.8. The van der Waals surface area contributed by atoms with Gasteiger partial charge in [0.05, 0.1) is 6.54 Å². The van der Waals surface area contributed by atoms with Crippen LogP contribution in [-0.4, -0.2) is 15.7 Å². The van der Waals surface area contributed by atoms with Crippen molar-refractivity contribution in [1.29, 1.82) is 0 Å². The highest BCUT2D eigenvalue weighted by Gasteiger charge is 2.21. The molecule has 3 aromatic carbocycles. The number of furan rings is 1. The number of amides is 1. The van der Waals surface area contributed by atoms with Gasteiger partial charge in [0.2, 0.25) is 0 Å². The van der Waals surface area contributed by atoms with Gasteiger partial charge in [0.15, 0.2) is 5.76 Å². The van der Waals surface area contributed by atoms with Crippen LogP contribution in [0, 0.1) is 0 Å². The van der Waals surface area contributed by atoms with E-state index in [4.69, 9.17) is 9.15 Å². The van der Waals surface area contributed by atoms with Crippen molar-refractivity contribution in [2.75, 3.05) is 5.32 Å². The molecular weight excluding hydrogens is 402 g/mol. The maximum Gasteiger partial charge on any atom is 0.291 e. The third kappa shape index (κ3) is 4.25. The van der Waals surface area contributed by atoms with Crippen LogP contribution in [-0.2, 0) is 13.2 Å². The molecule has 1 amide bonds. The van der Waals surface area contributed by atoms with Crippen molar-refractivity contribution in [3.63, 3.8) is 0 Å². The number of aromatic nitrogens is 2. The Balaban J connectivity index is 1.39. The number of carbonyl (C=O) groups is 1. The minimum atomic E-state index is -0.316. The van der Waals surface area contributed by atoms with Crippen LogP contribution in [0.3, 0.4) is 0 Å². The summed E-state index contributed by atoms with van der Waals surface area (Å²) in [6, 6.07) is 26.7. The summed E-state index contributed by atoms with van der Waals surface area (Å²) in [5.41, 5.74) is 3.09. The molecule has 0 aliphatic rings. The maximum absolute atomic E-state index is 13.2. The molecule has 0 fully saturated rings. The van der Waals surface area contributed by atoms with E-state index in [0.717, 1.165) is 22.3 Å². The van der Waals surface area contributed by atoms with Crippen LogP contribution < -0.4 is 10.1 Å². The summed E-state index contributed by atoms with van der Waals surface area (Å²) in [5, 5.41) is 8.05. The van der Waals surface area contributed by atoms with Gasteiger partial charge < -0.3 is 14.5 Å². The zero-order valence-corrected chi connectivity index (χ0v) is 17.3. The summed E-state index contributed by atoms with van der Waals surface area (Å²) in [7, 11) is 0. The average Bonchev–Trinajstić information content (AvgIpc) is 3.46. The molecule has 0 saturated heterocycles. The summed E-state index contributed by atoms with van der Waals surface area (Å²) in [4.78, 5) is 13.2. The van der Waals surface area contributed by atoms with Crippen molar-refractivity contribution in [3.05, 3.63) is 114 Å². The van der Waals surface area contributed by atoms with E-state index in [1.165, 1.54) is 0 Å². The van der Waals surface area contributed by atoms with E-state index in [1.807, 2.05) is 95.8 Å². The van der Waals surface area contributed by atoms with Crippen molar-refractivity contribution in [2.45, 2.75) is 13.2 Å². The molecule has 2 aromatic heterocycles. The molecule has 6 nitrogen and oxygen atoms in total. The minimum Gasteiger partial charge on any atom is -0.489 e. The first-order valence-corrected chi connectivity index (χ1v) is 10.3. The normalized spacial score (nSPS) is 10.9. The van der Waals surface area contributed by atoms with Crippen molar-refractivity contribution in [3.8, 4) is 5.75 Å². The highest BCUT2D eigenvalue weighted by Crippen LogP contribution is 2.28. The molecular formula is C26H21N3O3. The van der Waals surface area contributed by atoms with Gasteiger partial charge in [-0.05, 0) is 42.0 Å². The van der Waals surface area contributed by atoms with Crippen molar-refractivity contribution >= 4 is 22.6 Å². The average molecular weight is 423 g/mol. The predicted molar refractivity (Wildman–Crippen MR) is 123 cm³/mol. The van der Waals surface area contributed by atoms with Crippen LogP contribution in [0.5, 0.6) is 5.75 Å². The van der Waals surface area contributed by atoms with Crippen molar-refractivity contribution < 1.29 is 13.9 Å². The standard InChI is InChI=1S/C26H21N3O3/c30-26(28-20-9-6-8-19(16-20)17-29-15-7-14-27-29)25-23(18-31-21-10-2-1-3-11-21)22-12-4-5-13-24(22)32-25/h1-16H,17-18H2,(H,28,30). The second kappa shape index (κ2) is 8.81. The molecule has 0 spiro atoms. The number of nitrogens with zero attached hydrogens (tertiary/aromatic N) is 2. The Morgan fingerprint density at radius 3 is 2.66 bits per heavy atom. The highest BCUT2D eigenvalue weighted by molar-refractivity contribution is 6.06. The quantitative estimate of drug-likeness (QED) is 0.375. The molecule has 0 saturated carbocycles. The lowest BCUT2D eigenvalue weighted by Crippen LogP contribution is -2.14. The Kier molecular flexibility index (Phi) is 5.41. The number of carbonyl (C=O) groups excluding carboxylic acids is 1. The highest BCUT2D eigenvalue weighted by atomic mass is 16.5. The van der Waals surface area contributed by atoms with Crippen LogP contribution in [0.2, 0.25) is 0 Å². The summed E-state index contributed by atoms with van der Waals surface area (Å²) >= 11 is 0. The number of para-hydroxylation sites is 2. The number of ether oxygens (including phenoxy) is 1. The van der Waals surface area contributed by atoms with E-state index < -0.39 is 0 Å². The summed E-state index contributed by atoms with van der Waals surface area (Å²) in [5.74, 6) is 0.666. The second-order valence-corrected chi connectivity index (χ2v) is 7.37. The molecule has 0 bridgehead atoms. The Morgan fingerprint density at radius 2 is 1.81 bits per heavy atom. The topological polar surface area (TPSA) is 69.3 Å². The predicted octanol–water partition coefficient (Wildman–Crippen LogP) is 5.51. The second-order valence-electron chi connectivity index (χ2n) is 7.37. The maximum atomic E-state index is 13.2. The van der Waals surface area contributed by atoms with Gasteiger partial charge >= 0.3 is 0 Å². The van der Waals surface area contributed by atoms with E-state index in [0.29, 0.717) is 17.8 Å². The number of nitrogens with one attached hydrogen (secondary N) is 1. The molecule has 1 N–H and O–H groups in total. The van der Waals surface area contributed by atoms with Gasteiger partial charge in [-0.3, -0.25) is 9.48 Å². The lowest BCUT2D eigenvalue weighted by molar-refractivity contribution is 0.0995. The molecule has 0 aliphatic carbocycles. The lowest BCUT2D eigenvalue weighted by atomic mass is 10.1. The van der Waals surface area contributed by atoms with Gasteiger partial charge in [0.1, 0.15) is 17.9 Å². The number of fused-ring (bicyclic) bond motifs is 1. The first-order chi connectivity index (χ1) is 15.8. The number of anilines is 1. The number of hydrogen-bond donors (Lipinski definition) is 1. The van der Waals surface area contributed by atoms with Crippen LogP contribution in [0.1, 0.15) is 21.7 Å². The molecule has 0 radical (unpaired) electrons. The van der Waals surface area contributed by atoms with Crippen LogP contribution >= 0.6 is 0 Å². The third-order valence-electron chi connectivity index (χ3n) is 5.12. The number of hydrogen-bond acceptors (Lipinski definition) is 4. The SMILES string of the molecule is O=C(Nc1cccc(Cn2cccn2)c1)c1oc2ccccc2c1COc1ccccc1. The number of rotatable bonds is 7. The first kappa shape index (κ1) is 19.6. The fraction of sp³-hybridized carbons (Fsp3) is 0.0769. The van der Waals surface area contributed by atoms with E-state index >= 15 is 0 Å². The Labute approximate surface area is 185 Å². The molecule has 0 atom stereocenters. The van der Waals surface area contributed by atoms with Gasteiger partial charge in [-0.2, -0.15) is 5.10 Å². The van der Waals surface area contributed by atoms with E-state index in [1.54, 1.807) is 6.20 Å². The largest absolute Gasteiger partial charge is 0.489 e. The zero-order valence-electron chi connectivity index (χ0n) is 17.3. The molecule has 5 rings (SSSR count). The van der Waals surface area contributed by atoms with Crippen LogP contribution in [0.4, 0.5) is 5.69 Å². The lowest BCUT2D eigenvalue weighted by Gasteiger charge is -2.09. The molecule has 2 heterocycles. The Morgan fingerprint density at radius 1 is 0.969 bits per heavy atom. The number of benzene rings is 3. The van der Waals surface area contributed by atoms with Gasteiger partial charge in [0, 0.05) is 29.0 Å². The van der Waals surface area contributed by atoms with E-state index in [-0.39, 0.29) is 18.3 Å². The van der Waals surface area contributed by atoms with Crippen molar-refractivity contribution in [1.82, 2.24) is 9.78 Å². The fourth-order valence-corrected chi connectivity index (χ4v) is 3.61. The Bertz CT molecular complexity index is 1340. The van der Waals surface area contributed by atoms with Gasteiger partial charge in [-0.25, -0.2) is 0 Å². The van der Waals surface area contributed by atoms with Gasteiger partial charge in [-0.1, -0.05) is 48.5 Å². The van der Waals surface area contributed by atoms with Gasteiger partial charge in [0.25, 0.3) is 5.91 Å². The third-order valence-corrected chi connectivity index (χ3v) is 5.12. The van der Waals surface area contributed by atoms with Gasteiger partial charge in [-0.15, -0.1) is 0 Å². The van der Waals surface area contributed by atoms with E-state index in [9.17, 15) is 4.79 Å². The van der Waals surface area contributed by atoms with Crippen molar-refractivity contribution in [2.24, 2.45) is 0 Å². The molecule has 0 aliphatic heterocycles. The van der Waals surface area contributed by atoms with Crippen LogP contribution in [0.15, 0.2) is 102 Å². The summed E-state index contributed by atoms with van der Waals surface area (Å²) in [6.45, 7) is 0.848.